The molecule has 21 heavy (non-hydrogen) atoms. The van der Waals surface area contributed by atoms with Gasteiger partial charge in [0.25, 0.3) is 11.6 Å². The predicted molar refractivity (Wildman–Crippen MR) is 80.2 cm³/mol. The number of benzene rings is 1. The highest BCUT2D eigenvalue weighted by Gasteiger charge is 2.33. The maximum atomic E-state index is 12.5. The number of nitro groups is 1. The lowest BCUT2D eigenvalue weighted by Crippen LogP contribution is -2.30. The number of rotatable bonds is 3. The van der Waals surface area contributed by atoms with Crippen molar-refractivity contribution < 1.29 is 9.72 Å². The van der Waals surface area contributed by atoms with Gasteiger partial charge in [-0.2, -0.15) is 0 Å². The van der Waals surface area contributed by atoms with Crippen LogP contribution in [0, 0.1) is 15.5 Å². The topological polar surface area (TPSA) is 102 Å². The molecule has 8 heteroatoms. The number of halogens is 1. The Bertz CT molecular complexity index is 603. The van der Waals surface area contributed by atoms with Crippen molar-refractivity contribution in [2.24, 2.45) is 11.3 Å². The summed E-state index contributed by atoms with van der Waals surface area (Å²) in [4.78, 5) is 24.6. The summed E-state index contributed by atoms with van der Waals surface area (Å²) in [6, 6.07) is 2.60. The molecule has 1 amide bonds. The molecule has 1 aromatic rings. The van der Waals surface area contributed by atoms with Gasteiger partial charge in [0.1, 0.15) is 5.69 Å². The molecule has 1 saturated heterocycles. The van der Waals surface area contributed by atoms with E-state index in [9.17, 15) is 14.9 Å². The highest BCUT2D eigenvalue weighted by Crippen LogP contribution is 2.35. The molecular weight excluding hydrogens is 296 g/mol. The molecule has 1 aromatic carbocycles. The highest BCUT2D eigenvalue weighted by molar-refractivity contribution is 6.34. The number of nitrogens with one attached hydrogen (secondary N) is 1. The minimum Gasteiger partial charge on any atom is -0.338 e. The van der Waals surface area contributed by atoms with Crippen molar-refractivity contribution in [3.8, 4) is 0 Å². The molecule has 2 rings (SSSR count). The highest BCUT2D eigenvalue weighted by atomic mass is 35.5. The Morgan fingerprint density at radius 3 is 2.67 bits per heavy atom. The van der Waals surface area contributed by atoms with E-state index >= 15 is 0 Å². The smallest absolute Gasteiger partial charge is 0.295 e. The number of likely N-dealkylation sites (tertiary alicyclic amines) is 1. The first-order valence-corrected chi connectivity index (χ1v) is 6.87. The third-order valence-electron chi connectivity index (χ3n) is 3.62. The van der Waals surface area contributed by atoms with Gasteiger partial charge in [-0.1, -0.05) is 25.4 Å². The maximum Gasteiger partial charge on any atom is 0.295 e. The zero-order chi connectivity index (χ0) is 15.8. The van der Waals surface area contributed by atoms with E-state index in [4.69, 9.17) is 17.4 Å². The first-order chi connectivity index (χ1) is 9.75. The minimum atomic E-state index is -0.619. The van der Waals surface area contributed by atoms with E-state index in [-0.39, 0.29) is 33.3 Å². The molecule has 7 nitrogen and oxygen atoms in total. The van der Waals surface area contributed by atoms with Crippen LogP contribution >= 0.6 is 11.6 Å². The van der Waals surface area contributed by atoms with Crippen molar-refractivity contribution in [2.45, 2.75) is 20.3 Å². The third-order valence-corrected chi connectivity index (χ3v) is 3.92. The van der Waals surface area contributed by atoms with E-state index in [2.05, 4.69) is 19.3 Å². The van der Waals surface area contributed by atoms with Gasteiger partial charge in [0.05, 0.1) is 9.95 Å². The molecule has 1 aliphatic rings. The molecule has 3 N–H and O–H groups in total. The van der Waals surface area contributed by atoms with Gasteiger partial charge in [-0.3, -0.25) is 20.8 Å². The second-order valence-electron chi connectivity index (χ2n) is 5.89. The molecule has 1 fully saturated rings. The molecule has 0 radical (unpaired) electrons. The number of amides is 1. The Morgan fingerprint density at radius 1 is 1.52 bits per heavy atom. The number of carbonyl (C=O) groups is 1. The number of nitrogens with two attached hydrogens (primary N) is 1. The summed E-state index contributed by atoms with van der Waals surface area (Å²) in [6.45, 7) is 5.41. The lowest BCUT2D eigenvalue weighted by molar-refractivity contribution is -0.384. The molecule has 0 spiro atoms. The number of hydrazine groups is 1. The Morgan fingerprint density at radius 2 is 2.19 bits per heavy atom. The third kappa shape index (κ3) is 3.08. The second kappa shape index (κ2) is 5.50. The van der Waals surface area contributed by atoms with Gasteiger partial charge in [0, 0.05) is 24.7 Å². The van der Waals surface area contributed by atoms with Crippen LogP contribution in [-0.2, 0) is 0 Å². The van der Waals surface area contributed by atoms with Crippen LogP contribution in [0.1, 0.15) is 30.6 Å². The van der Waals surface area contributed by atoms with Crippen molar-refractivity contribution in [2.75, 3.05) is 18.5 Å². The van der Waals surface area contributed by atoms with E-state index in [0.717, 1.165) is 6.42 Å². The fourth-order valence-electron chi connectivity index (χ4n) is 2.47. The van der Waals surface area contributed by atoms with Crippen molar-refractivity contribution >= 4 is 28.9 Å². The number of hydrogen-bond donors (Lipinski definition) is 2. The minimum absolute atomic E-state index is 0.0000292. The van der Waals surface area contributed by atoms with Crippen LogP contribution in [0.5, 0.6) is 0 Å². The lowest BCUT2D eigenvalue weighted by atomic mass is 9.93. The fourth-order valence-corrected chi connectivity index (χ4v) is 2.74. The van der Waals surface area contributed by atoms with Gasteiger partial charge in [0.15, 0.2) is 0 Å². The average Bonchev–Trinajstić information content (AvgIpc) is 2.77. The van der Waals surface area contributed by atoms with Gasteiger partial charge in [-0.05, 0) is 17.9 Å². The summed E-state index contributed by atoms with van der Waals surface area (Å²) in [6.07, 6.45) is 0.900. The van der Waals surface area contributed by atoms with Crippen LogP contribution in [0.15, 0.2) is 12.1 Å². The lowest BCUT2D eigenvalue weighted by Gasteiger charge is -2.20. The molecule has 114 valence electrons. The van der Waals surface area contributed by atoms with Gasteiger partial charge < -0.3 is 10.3 Å². The summed E-state index contributed by atoms with van der Waals surface area (Å²) in [5, 5.41) is 11.1. The number of nitro benzene ring substituents is 1. The van der Waals surface area contributed by atoms with Crippen molar-refractivity contribution in [3.63, 3.8) is 0 Å². The van der Waals surface area contributed by atoms with Crippen molar-refractivity contribution in [1.82, 2.24) is 4.90 Å². The number of anilines is 1. The molecule has 1 heterocycles. The van der Waals surface area contributed by atoms with Crippen LogP contribution in [0.25, 0.3) is 0 Å². The normalized spacial score (nSPS) is 16.9. The largest absolute Gasteiger partial charge is 0.338 e. The first-order valence-electron chi connectivity index (χ1n) is 6.49. The van der Waals surface area contributed by atoms with Crippen molar-refractivity contribution in [1.29, 1.82) is 0 Å². The summed E-state index contributed by atoms with van der Waals surface area (Å²) >= 11 is 5.97. The van der Waals surface area contributed by atoms with Crippen LogP contribution in [-0.4, -0.2) is 28.8 Å². The standard InChI is InChI=1S/C13H17ClN4O3/c1-13(2)3-4-17(7-13)12(19)8-5-9(14)11(16-15)10(6-8)18(20)21/h5-6,16H,3-4,7,15H2,1-2H3. The Labute approximate surface area is 127 Å². The SMILES string of the molecule is CC1(C)CCN(C(=O)c2cc(Cl)c(NN)c([N+](=O)[O-])c2)C1. The summed E-state index contributed by atoms with van der Waals surface area (Å²) < 4.78 is 0. The van der Waals surface area contributed by atoms with Gasteiger partial charge in [0.2, 0.25) is 0 Å². The monoisotopic (exact) mass is 312 g/mol. The van der Waals surface area contributed by atoms with Gasteiger partial charge in [-0.25, -0.2) is 0 Å². The summed E-state index contributed by atoms with van der Waals surface area (Å²) in [7, 11) is 0. The molecule has 0 unspecified atom stereocenters. The molecule has 0 bridgehead atoms. The summed E-state index contributed by atoms with van der Waals surface area (Å²) in [5.74, 6) is 4.98. The molecule has 0 saturated carbocycles. The number of carbonyl (C=O) groups excluding carboxylic acids is 1. The fraction of sp³-hybridized carbons (Fsp3) is 0.462. The van der Waals surface area contributed by atoms with Gasteiger partial charge >= 0.3 is 0 Å². The van der Waals surface area contributed by atoms with Crippen LogP contribution < -0.4 is 11.3 Å². The number of nitrogen functional groups attached to an aromatic ring is 1. The molecule has 1 aliphatic heterocycles. The zero-order valence-electron chi connectivity index (χ0n) is 11.9. The van der Waals surface area contributed by atoms with Crippen LogP contribution in [0.2, 0.25) is 5.02 Å². The van der Waals surface area contributed by atoms with E-state index in [1.165, 1.54) is 12.1 Å². The predicted octanol–water partition coefficient (Wildman–Crippen LogP) is 2.41. The number of hydrogen-bond acceptors (Lipinski definition) is 5. The first kappa shape index (κ1) is 15.5. The van der Waals surface area contributed by atoms with Crippen LogP contribution in [0.3, 0.4) is 0 Å². The van der Waals surface area contributed by atoms with Crippen molar-refractivity contribution in [3.05, 3.63) is 32.8 Å². The molecule has 0 atom stereocenters. The van der Waals surface area contributed by atoms with E-state index in [0.29, 0.717) is 13.1 Å². The number of nitrogens with zero attached hydrogens (tertiary/aromatic N) is 2. The van der Waals surface area contributed by atoms with Crippen LogP contribution in [0.4, 0.5) is 11.4 Å². The van der Waals surface area contributed by atoms with E-state index in [1.54, 1.807) is 4.90 Å². The zero-order valence-corrected chi connectivity index (χ0v) is 12.6. The van der Waals surface area contributed by atoms with E-state index in [1.807, 2.05) is 0 Å². The van der Waals surface area contributed by atoms with E-state index < -0.39 is 4.92 Å². The quantitative estimate of drug-likeness (QED) is 0.507. The second-order valence-corrected chi connectivity index (χ2v) is 6.30. The average molecular weight is 313 g/mol. The Kier molecular flexibility index (Phi) is 4.06. The molecule has 0 aromatic heterocycles. The molecule has 0 aliphatic carbocycles. The maximum absolute atomic E-state index is 12.5. The van der Waals surface area contributed by atoms with Gasteiger partial charge in [-0.15, -0.1) is 0 Å². The molecular formula is C13H17ClN4O3. The summed E-state index contributed by atoms with van der Waals surface area (Å²) in [5.41, 5.74) is 2.14. The Hall–Kier alpha value is -1.86. The Balaban J connectivity index is 2.37.